The minimum Gasteiger partial charge on any atom is -0.370 e. The van der Waals surface area contributed by atoms with Crippen LogP contribution in [0, 0.1) is 11.7 Å². The van der Waals surface area contributed by atoms with Crippen LogP contribution < -0.4 is 16.0 Å². The van der Waals surface area contributed by atoms with Crippen molar-refractivity contribution in [2.45, 2.75) is 38.1 Å². The number of amides is 1. The van der Waals surface area contributed by atoms with Gasteiger partial charge >= 0.3 is 0 Å². The third-order valence-corrected chi connectivity index (χ3v) is 4.53. The third-order valence-electron chi connectivity index (χ3n) is 4.53. The summed E-state index contributed by atoms with van der Waals surface area (Å²) in [5.41, 5.74) is 6.97. The fraction of sp³-hybridized carbons (Fsp3) is 0.562. The second-order valence-electron chi connectivity index (χ2n) is 6.09. The van der Waals surface area contributed by atoms with Crippen LogP contribution in [0.3, 0.4) is 0 Å². The molecule has 2 unspecified atom stereocenters. The van der Waals surface area contributed by atoms with Crippen LogP contribution in [0.15, 0.2) is 18.2 Å². The Balaban J connectivity index is 1.79. The van der Waals surface area contributed by atoms with Gasteiger partial charge in [-0.25, -0.2) is 4.39 Å². The van der Waals surface area contributed by atoms with Crippen molar-refractivity contribution >= 4 is 17.3 Å². The molecule has 1 heterocycles. The lowest BCUT2D eigenvalue weighted by atomic mass is 10.1. The Bertz CT molecular complexity index is 528. The Hall–Kier alpha value is -1.62. The summed E-state index contributed by atoms with van der Waals surface area (Å²) >= 11 is 0. The molecule has 1 aromatic rings. The molecular formula is C16H22FN3O. The molecule has 2 aliphatic rings. The molecule has 1 amide bonds. The normalized spacial score (nSPS) is 25.3. The van der Waals surface area contributed by atoms with Crippen molar-refractivity contribution in [3.8, 4) is 0 Å². The first-order valence-corrected chi connectivity index (χ1v) is 7.75. The molecule has 114 valence electrons. The highest BCUT2D eigenvalue weighted by Gasteiger charge is 2.29. The topological polar surface area (TPSA) is 58.4 Å². The second kappa shape index (κ2) is 6.02. The van der Waals surface area contributed by atoms with Crippen molar-refractivity contribution in [3.05, 3.63) is 24.0 Å². The first kappa shape index (κ1) is 14.3. The molecule has 4 nitrogen and oxygen atoms in total. The average molecular weight is 291 g/mol. The van der Waals surface area contributed by atoms with Crippen LogP contribution in [-0.2, 0) is 4.79 Å². The number of hydrogen-bond acceptors (Lipinski definition) is 3. The molecule has 3 rings (SSSR count). The van der Waals surface area contributed by atoms with Gasteiger partial charge < -0.3 is 16.0 Å². The maximum atomic E-state index is 14.2. The summed E-state index contributed by atoms with van der Waals surface area (Å²) in [5.74, 6) is -0.561. The summed E-state index contributed by atoms with van der Waals surface area (Å²) in [6, 6.07) is 5.07. The van der Waals surface area contributed by atoms with Gasteiger partial charge in [0.1, 0.15) is 11.5 Å². The van der Waals surface area contributed by atoms with Gasteiger partial charge in [-0.05, 0) is 44.2 Å². The Morgan fingerprint density at radius 1 is 1.29 bits per heavy atom. The Morgan fingerprint density at radius 3 is 2.71 bits per heavy atom. The number of anilines is 2. The molecule has 1 aromatic carbocycles. The number of carbonyl (C=O) groups is 1. The maximum absolute atomic E-state index is 14.2. The summed E-state index contributed by atoms with van der Waals surface area (Å²) < 4.78 is 14.2. The molecule has 21 heavy (non-hydrogen) atoms. The van der Waals surface area contributed by atoms with Gasteiger partial charge in [0.2, 0.25) is 5.91 Å². The molecule has 5 heteroatoms. The standard InChI is InChI=1S/C16H22FN3O/c17-13-4-3-5-14(20-8-1-2-9-20)15(13)19-16(21)11-6-7-12(18)10-11/h3-5,11-12H,1-2,6-10,18H2,(H,19,21). The molecule has 2 atom stereocenters. The first-order valence-electron chi connectivity index (χ1n) is 7.75. The van der Waals surface area contributed by atoms with E-state index < -0.39 is 0 Å². The highest BCUT2D eigenvalue weighted by atomic mass is 19.1. The summed E-state index contributed by atoms with van der Waals surface area (Å²) in [6.07, 6.45) is 4.58. The number of nitrogens with one attached hydrogen (secondary N) is 1. The molecule has 1 aliphatic heterocycles. The van der Waals surface area contributed by atoms with Crippen molar-refractivity contribution in [1.82, 2.24) is 0 Å². The van der Waals surface area contributed by atoms with E-state index >= 15 is 0 Å². The van der Waals surface area contributed by atoms with Crippen LogP contribution >= 0.6 is 0 Å². The summed E-state index contributed by atoms with van der Waals surface area (Å²) in [5, 5.41) is 2.81. The Morgan fingerprint density at radius 2 is 2.05 bits per heavy atom. The molecule has 0 spiro atoms. The van der Waals surface area contributed by atoms with Crippen LogP contribution in [-0.4, -0.2) is 25.0 Å². The van der Waals surface area contributed by atoms with Crippen LogP contribution in [0.4, 0.5) is 15.8 Å². The van der Waals surface area contributed by atoms with Crippen LogP contribution in [0.2, 0.25) is 0 Å². The number of benzene rings is 1. The van der Waals surface area contributed by atoms with Gasteiger partial charge in [0, 0.05) is 25.0 Å². The fourth-order valence-electron chi connectivity index (χ4n) is 3.34. The lowest BCUT2D eigenvalue weighted by Gasteiger charge is -2.22. The second-order valence-corrected chi connectivity index (χ2v) is 6.09. The Labute approximate surface area is 124 Å². The van der Waals surface area contributed by atoms with Gasteiger partial charge in [-0.1, -0.05) is 6.07 Å². The highest BCUT2D eigenvalue weighted by Crippen LogP contribution is 2.33. The van der Waals surface area contributed by atoms with E-state index in [0.29, 0.717) is 12.1 Å². The van der Waals surface area contributed by atoms with E-state index in [-0.39, 0.29) is 23.7 Å². The van der Waals surface area contributed by atoms with Gasteiger partial charge in [0.25, 0.3) is 0 Å². The van der Waals surface area contributed by atoms with Crippen molar-refractivity contribution < 1.29 is 9.18 Å². The monoisotopic (exact) mass is 291 g/mol. The molecular weight excluding hydrogens is 269 g/mol. The van der Waals surface area contributed by atoms with E-state index in [2.05, 4.69) is 10.2 Å². The summed E-state index contributed by atoms with van der Waals surface area (Å²) in [7, 11) is 0. The number of rotatable bonds is 3. The predicted molar refractivity (Wildman–Crippen MR) is 81.8 cm³/mol. The lowest BCUT2D eigenvalue weighted by Crippen LogP contribution is -2.26. The van der Waals surface area contributed by atoms with Crippen molar-refractivity contribution in [1.29, 1.82) is 0 Å². The minimum atomic E-state index is -0.366. The van der Waals surface area contributed by atoms with Gasteiger partial charge in [-0.15, -0.1) is 0 Å². The zero-order valence-electron chi connectivity index (χ0n) is 12.1. The molecule has 2 fully saturated rings. The number of nitrogens with zero attached hydrogens (tertiary/aromatic N) is 1. The van der Waals surface area contributed by atoms with E-state index in [1.807, 2.05) is 6.07 Å². The fourth-order valence-corrected chi connectivity index (χ4v) is 3.34. The molecule has 0 radical (unpaired) electrons. The molecule has 0 bridgehead atoms. The number of hydrogen-bond donors (Lipinski definition) is 2. The summed E-state index contributed by atoms with van der Waals surface area (Å²) in [6.45, 7) is 1.83. The Kier molecular flexibility index (Phi) is 4.10. The van der Waals surface area contributed by atoms with E-state index in [9.17, 15) is 9.18 Å². The number of carbonyl (C=O) groups excluding carboxylic acids is 1. The molecule has 3 N–H and O–H groups in total. The van der Waals surface area contributed by atoms with E-state index in [1.54, 1.807) is 6.07 Å². The zero-order chi connectivity index (χ0) is 14.8. The van der Waals surface area contributed by atoms with E-state index in [0.717, 1.165) is 44.5 Å². The van der Waals surface area contributed by atoms with Gasteiger partial charge in [0.05, 0.1) is 5.69 Å². The summed E-state index contributed by atoms with van der Waals surface area (Å²) in [4.78, 5) is 14.5. The molecule has 0 aromatic heterocycles. The molecule has 1 saturated heterocycles. The quantitative estimate of drug-likeness (QED) is 0.899. The highest BCUT2D eigenvalue weighted by molar-refractivity contribution is 5.96. The number of halogens is 1. The van der Waals surface area contributed by atoms with Crippen molar-refractivity contribution in [2.75, 3.05) is 23.3 Å². The average Bonchev–Trinajstić information content (AvgIpc) is 3.12. The zero-order valence-corrected chi connectivity index (χ0v) is 12.1. The van der Waals surface area contributed by atoms with Gasteiger partial charge in [-0.3, -0.25) is 4.79 Å². The van der Waals surface area contributed by atoms with Gasteiger partial charge in [0.15, 0.2) is 0 Å². The van der Waals surface area contributed by atoms with Crippen LogP contribution in [0.5, 0.6) is 0 Å². The van der Waals surface area contributed by atoms with E-state index in [1.165, 1.54) is 6.07 Å². The third kappa shape index (κ3) is 3.02. The smallest absolute Gasteiger partial charge is 0.227 e. The maximum Gasteiger partial charge on any atom is 0.227 e. The van der Waals surface area contributed by atoms with Crippen molar-refractivity contribution in [2.24, 2.45) is 11.7 Å². The first-order chi connectivity index (χ1) is 10.1. The van der Waals surface area contributed by atoms with E-state index in [4.69, 9.17) is 5.73 Å². The lowest BCUT2D eigenvalue weighted by molar-refractivity contribution is -0.119. The molecule has 1 aliphatic carbocycles. The SMILES string of the molecule is NC1CCC(C(=O)Nc2c(F)cccc2N2CCCC2)C1. The molecule has 1 saturated carbocycles. The van der Waals surface area contributed by atoms with Crippen molar-refractivity contribution in [3.63, 3.8) is 0 Å². The van der Waals surface area contributed by atoms with Crippen LogP contribution in [0.25, 0.3) is 0 Å². The van der Waals surface area contributed by atoms with Crippen LogP contribution in [0.1, 0.15) is 32.1 Å². The van der Waals surface area contributed by atoms with Gasteiger partial charge in [-0.2, -0.15) is 0 Å². The minimum absolute atomic E-state index is 0.0916. The number of para-hydroxylation sites is 1. The predicted octanol–water partition coefficient (Wildman–Crippen LogP) is 2.49. The largest absolute Gasteiger partial charge is 0.370 e. The number of nitrogens with two attached hydrogens (primary N) is 1.